The van der Waals surface area contributed by atoms with Crippen LogP contribution in [0.15, 0.2) is 58.6 Å². The summed E-state index contributed by atoms with van der Waals surface area (Å²) in [6.45, 7) is 3.19. The number of furan rings is 1. The fraction of sp³-hybridized carbons (Fsp3) is 0.136. The third kappa shape index (κ3) is 5.43. The first-order chi connectivity index (χ1) is 14.9. The fourth-order valence-corrected chi connectivity index (χ4v) is 3.04. The van der Waals surface area contributed by atoms with E-state index in [0.29, 0.717) is 45.0 Å². The molecule has 0 aliphatic rings. The maximum atomic E-state index is 12.3. The van der Waals surface area contributed by atoms with E-state index < -0.39 is 18.5 Å². The van der Waals surface area contributed by atoms with Crippen LogP contribution in [0.5, 0.6) is 11.5 Å². The maximum absolute atomic E-state index is 12.3. The average molecular weight is 443 g/mol. The molecule has 0 saturated heterocycles. The third-order valence-corrected chi connectivity index (χ3v) is 4.40. The largest absolute Gasteiger partial charge is 0.493 e. The molecule has 0 spiro atoms. The molecule has 31 heavy (non-hydrogen) atoms. The van der Waals surface area contributed by atoms with Gasteiger partial charge in [-0.1, -0.05) is 17.7 Å². The number of ether oxygens (including phenoxy) is 2. The van der Waals surface area contributed by atoms with Crippen molar-refractivity contribution >= 4 is 40.7 Å². The van der Waals surface area contributed by atoms with E-state index in [1.54, 1.807) is 42.5 Å². The van der Waals surface area contributed by atoms with Crippen LogP contribution in [-0.2, 0) is 11.2 Å². The summed E-state index contributed by atoms with van der Waals surface area (Å²) in [5, 5.41) is 14.1. The number of methoxy groups -OCH3 is 1. The molecular weight excluding hydrogens is 424 g/mol. The quantitative estimate of drug-likeness (QED) is 0.294. The first-order valence-electron chi connectivity index (χ1n) is 9.10. The van der Waals surface area contributed by atoms with Gasteiger partial charge in [0.1, 0.15) is 5.58 Å². The van der Waals surface area contributed by atoms with Crippen molar-refractivity contribution < 1.29 is 28.6 Å². The zero-order valence-electron chi connectivity index (χ0n) is 16.6. The van der Waals surface area contributed by atoms with Crippen molar-refractivity contribution in [1.29, 1.82) is 0 Å². The van der Waals surface area contributed by atoms with Gasteiger partial charge >= 0.3 is 11.9 Å². The molecule has 0 aliphatic heterocycles. The molecule has 0 aliphatic carbocycles. The predicted molar refractivity (Wildman–Crippen MR) is 116 cm³/mol. The van der Waals surface area contributed by atoms with Crippen molar-refractivity contribution in [2.45, 2.75) is 6.42 Å². The lowest BCUT2D eigenvalue weighted by molar-refractivity contribution is -0.139. The summed E-state index contributed by atoms with van der Waals surface area (Å²) in [6.07, 6.45) is 3.49. The van der Waals surface area contributed by atoms with E-state index in [1.807, 2.05) is 0 Å². The van der Waals surface area contributed by atoms with Crippen molar-refractivity contribution in [2.24, 2.45) is 5.10 Å². The Labute approximate surface area is 182 Å². The number of hydrogen-bond donors (Lipinski definition) is 2. The second-order valence-electron chi connectivity index (χ2n) is 6.38. The minimum absolute atomic E-state index is 0.0942. The number of nitrogens with zero attached hydrogens (tertiary/aromatic N) is 1. The predicted octanol–water partition coefficient (Wildman–Crippen LogP) is 4.05. The molecule has 2 N–H and O–H groups in total. The first kappa shape index (κ1) is 21.9. The number of carbonyl (C=O) groups excluding carboxylic acids is 1. The van der Waals surface area contributed by atoms with Crippen LogP contribution >= 0.6 is 11.6 Å². The van der Waals surface area contributed by atoms with Crippen LogP contribution in [0.3, 0.4) is 0 Å². The van der Waals surface area contributed by atoms with Crippen LogP contribution < -0.4 is 14.9 Å². The van der Waals surface area contributed by atoms with Gasteiger partial charge in [-0.15, -0.1) is 6.58 Å². The Morgan fingerprint density at radius 1 is 1.29 bits per heavy atom. The molecule has 0 bridgehead atoms. The highest BCUT2D eigenvalue weighted by atomic mass is 35.5. The van der Waals surface area contributed by atoms with Gasteiger partial charge in [0.25, 0.3) is 0 Å². The van der Waals surface area contributed by atoms with E-state index in [9.17, 15) is 9.59 Å². The number of carboxylic acid groups (broad SMARTS) is 1. The lowest BCUT2D eigenvalue weighted by Gasteiger charge is -2.14. The summed E-state index contributed by atoms with van der Waals surface area (Å²) in [7, 11) is 1.44. The number of halogens is 1. The van der Waals surface area contributed by atoms with Gasteiger partial charge < -0.3 is 19.0 Å². The first-order valence-corrected chi connectivity index (χ1v) is 9.48. The highest BCUT2D eigenvalue weighted by molar-refractivity contribution is 6.31. The molecule has 3 aromatic rings. The van der Waals surface area contributed by atoms with Gasteiger partial charge in [-0.05, 0) is 48.4 Å². The van der Waals surface area contributed by atoms with Crippen LogP contribution in [0, 0.1) is 0 Å². The fourth-order valence-electron chi connectivity index (χ4n) is 2.86. The third-order valence-electron chi connectivity index (χ3n) is 4.16. The molecule has 0 radical (unpaired) electrons. The van der Waals surface area contributed by atoms with E-state index in [1.165, 1.54) is 13.3 Å². The number of fused-ring (bicyclic) bond motifs is 1. The number of aliphatic carboxylic acids is 1. The summed E-state index contributed by atoms with van der Waals surface area (Å²) in [5.74, 6) is -0.887. The van der Waals surface area contributed by atoms with Crippen molar-refractivity contribution in [2.75, 3.05) is 13.7 Å². The monoisotopic (exact) mass is 442 g/mol. The summed E-state index contributed by atoms with van der Waals surface area (Å²) < 4.78 is 16.2. The maximum Gasteiger partial charge on any atom is 0.341 e. The number of rotatable bonds is 9. The minimum Gasteiger partial charge on any atom is -0.493 e. The number of benzene rings is 2. The van der Waals surface area contributed by atoms with E-state index in [4.69, 9.17) is 30.6 Å². The molecular formula is C22H19ClN2O6. The van der Waals surface area contributed by atoms with Crippen molar-refractivity contribution in [3.63, 3.8) is 0 Å². The Hall–Kier alpha value is -3.78. The number of carbonyl (C=O) groups is 2. The lowest BCUT2D eigenvalue weighted by Crippen LogP contribution is -2.16. The normalized spacial score (nSPS) is 10.9. The molecule has 0 unspecified atom stereocenters. The molecule has 0 saturated carbocycles. The molecule has 8 nitrogen and oxygen atoms in total. The van der Waals surface area contributed by atoms with Crippen LogP contribution in [-0.4, -0.2) is 36.9 Å². The zero-order chi connectivity index (χ0) is 22.4. The van der Waals surface area contributed by atoms with Crippen molar-refractivity contribution in [1.82, 2.24) is 5.43 Å². The van der Waals surface area contributed by atoms with Gasteiger partial charge in [0.15, 0.2) is 23.9 Å². The van der Waals surface area contributed by atoms with E-state index in [0.717, 1.165) is 0 Å². The number of allylic oxidation sites excluding steroid dienone is 1. The van der Waals surface area contributed by atoms with Gasteiger partial charge in [-0.2, -0.15) is 5.10 Å². The number of hydrazone groups is 1. The molecule has 1 aromatic heterocycles. The smallest absolute Gasteiger partial charge is 0.341 e. The van der Waals surface area contributed by atoms with Crippen molar-refractivity contribution in [3.05, 3.63) is 71.0 Å². The van der Waals surface area contributed by atoms with Crippen LogP contribution in [0.4, 0.5) is 0 Å². The van der Waals surface area contributed by atoms with Gasteiger partial charge in [0, 0.05) is 16.0 Å². The molecule has 160 valence electrons. The number of carboxylic acids is 1. The van der Waals surface area contributed by atoms with E-state index in [-0.39, 0.29) is 5.76 Å². The zero-order valence-corrected chi connectivity index (χ0v) is 17.3. The number of hydrogen-bond acceptors (Lipinski definition) is 6. The highest BCUT2D eigenvalue weighted by Gasteiger charge is 2.14. The molecule has 9 heteroatoms. The summed E-state index contributed by atoms with van der Waals surface area (Å²) in [4.78, 5) is 23.2. The number of amides is 1. The molecule has 3 rings (SSSR count). The van der Waals surface area contributed by atoms with Gasteiger partial charge in [-0.25, -0.2) is 10.2 Å². The van der Waals surface area contributed by atoms with Crippen LogP contribution in [0.1, 0.15) is 21.7 Å². The lowest BCUT2D eigenvalue weighted by atomic mass is 10.1. The summed E-state index contributed by atoms with van der Waals surface area (Å²) >= 11 is 5.95. The van der Waals surface area contributed by atoms with Crippen molar-refractivity contribution in [3.8, 4) is 11.5 Å². The standard InChI is InChI=1S/C22H19ClN2O6/c1-3-4-14-7-13(8-18(29-2)21(14)30-12-20(26)27)11-24-25-22(28)19-10-15-9-16(23)5-6-17(15)31-19/h3,5-11H,1,4,12H2,2H3,(H,25,28)(H,26,27)/b24-11+. The number of nitrogens with one attached hydrogen (secondary N) is 1. The van der Waals surface area contributed by atoms with Gasteiger partial charge in [-0.3, -0.25) is 4.79 Å². The minimum atomic E-state index is -1.10. The second kappa shape index (κ2) is 9.82. The Balaban J connectivity index is 1.78. The Morgan fingerprint density at radius 3 is 2.81 bits per heavy atom. The van der Waals surface area contributed by atoms with Gasteiger partial charge in [0.2, 0.25) is 0 Å². The topological polar surface area (TPSA) is 110 Å². The molecule has 0 fully saturated rings. The Kier molecular flexibility index (Phi) is 6.94. The molecule has 1 amide bonds. The average Bonchev–Trinajstić information content (AvgIpc) is 3.16. The molecule has 0 atom stereocenters. The second-order valence-corrected chi connectivity index (χ2v) is 6.81. The Bertz CT molecular complexity index is 1170. The van der Waals surface area contributed by atoms with Gasteiger partial charge in [0.05, 0.1) is 13.3 Å². The van der Waals surface area contributed by atoms with E-state index >= 15 is 0 Å². The molecule has 2 aromatic carbocycles. The Morgan fingerprint density at radius 2 is 2.10 bits per heavy atom. The van der Waals surface area contributed by atoms with Crippen LogP contribution in [0.25, 0.3) is 11.0 Å². The van der Waals surface area contributed by atoms with E-state index in [2.05, 4.69) is 17.1 Å². The molecule has 1 heterocycles. The summed E-state index contributed by atoms with van der Waals surface area (Å²) in [6, 6.07) is 9.97. The summed E-state index contributed by atoms with van der Waals surface area (Å²) in [5.41, 5.74) is 4.21. The van der Waals surface area contributed by atoms with Crippen LogP contribution in [0.2, 0.25) is 5.02 Å². The highest BCUT2D eigenvalue weighted by Crippen LogP contribution is 2.33. The SMILES string of the molecule is C=CCc1cc(/C=N/NC(=O)c2cc3cc(Cl)ccc3o2)cc(OC)c1OCC(=O)O.